The highest BCUT2D eigenvalue weighted by Gasteiger charge is 2.65. The van der Waals surface area contributed by atoms with E-state index in [1.165, 1.54) is 22.3 Å². The molecule has 23 heavy (non-hydrogen) atoms. The Labute approximate surface area is 136 Å². The van der Waals surface area contributed by atoms with Crippen LogP contribution in [-0.4, -0.2) is 28.4 Å². The van der Waals surface area contributed by atoms with Crippen LogP contribution in [0.15, 0.2) is 12.1 Å². The van der Waals surface area contributed by atoms with Crippen molar-refractivity contribution in [3.05, 3.63) is 34.4 Å². The van der Waals surface area contributed by atoms with E-state index < -0.39 is 11.9 Å². The molecular formula is C19H23NO3. The maximum Gasteiger partial charge on any atom is 0.307 e. The zero-order valence-corrected chi connectivity index (χ0v) is 13.9. The number of benzene rings is 1. The predicted molar refractivity (Wildman–Crippen MR) is 86.0 cm³/mol. The third-order valence-corrected chi connectivity index (χ3v) is 6.55. The van der Waals surface area contributed by atoms with E-state index in [2.05, 4.69) is 26.0 Å². The van der Waals surface area contributed by atoms with E-state index in [1.54, 1.807) is 0 Å². The molecule has 4 rings (SSSR count). The molecule has 1 saturated carbocycles. The van der Waals surface area contributed by atoms with E-state index in [1.807, 2.05) is 11.8 Å². The van der Waals surface area contributed by atoms with Crippen molar-refractivity contribution >= 4 is 11.9 Å². The summed E-state index contributed by atoms with van der Waals surface area (Å²) in [7, 11) is 0. The van der Waals surface area contributed by atoms with Crippen molar-refractivity contribution in [2.45, 2.75) is 45.6 Å². The largest absolute Gasteiger partial charge is 0.481 e. The lowest BCUT2D eigenvalue weighted by Crippen LogP contribution is -2.49. The molecule has 1 aliphatic carbocycles. The zero-order chi connectivity index (χ0) is 16.5. The number of fused-ring (bicyclic) bond motifs is 1. The van der Waals surface area contributed by atoms with Gasteiger partial charge in [-0.05, 0) is 54.9 Å². The Morgan fingerprint density at radius 1 is 1.30 bits per heavy atom. The highest BCUT2D eigenvalue weighted by atomic mass is 16.4. The molecule has 122 valence electrons. The van der Waals surface area contributed by atoms with Crippen LogP contribution >= 0.6 is 0 Å². The first-order valence-corrected chi connectivity index (χ1v) is 8.50. The molecular weight excluding hydrogens is 290 g/mol. The number of rotatable bonds is 1. The molecule has 2 fully saturated rings. The van der Waals surface area contributed by atoms with E-state index in [-0.39, 0.29) is 23.3 Å². The minimum Gasteiger partial charge on any atom is -0.481 e. The molecule has 1 saturated heterocycles. The van der Waals surface area contributed by atoms with Crippen molar-refractivity contribution in [1.29, 1.82) is 0 Å². The fourth-order valence-electron chi connectivity index (χ4n) is 5.50. The third-order valence-electron chi connectivity index (χ3n) is 6.55. The lowest BCUT2D eigenvalue weighted by atomic mass is 9.73. The van der Waals surface area contributed by atoms with Gasteiger partial charge in [0.2, 0.25) is 5.91 Å². The molecule has 0 aromatic heterocycles. The van der Waals surface area contributed by atoms with Crippen molar-refractivity contribution in [3.63, 3.8) is 0 Å². The number of hydrogen-bond donors (Lipinski definition) is 1. The molecule has 2 heterocycles. The molecule has 4 atom stereocenters. The SMILES string of the molecule is Cc1cc2c(cc1C)C13C[C@H](C)[C@@H](C(=O)O)[C@@H]1CC(=O)N3CC2. The van der Waals surface area contributed by atoms with E-state index >= 15 is 0 Å². The van der Waals surface area contributed by atoms with Crippen LogP contribution in [0.5, 0.6) is 0 Å². The minimum atomic E-state index is -0.745. The smallest absolute Gasteiger partial charge is 0.307 e. The van der Waals surface area contributed by atoms with Crippen molar-refractivity contribution in [1.82, 2.24) is 4.90 Å². The molecule has 3 aliphatic rings. The van der Waals surface area contributed by atoms with Crippen LogP contribution in [0.3, 0.4) is 0 Å². The average Bonchev–Trinajstić information content (AvgIpc) is 2.89. The molecule has 1 aromatic carbocycles. The maximum absolute atomic E-state index is 12.6. The van der Waals surface area contributed by atoms with Gasteiger partial charge >= 0.3 is 5.97 Å². The second kappa shape index (κ2) is 4.59. The number of amides is 1. The molecule has 4 heteroatoms. The van der Waals surface area contributed by atoms with E-state index in [9.17, 15) is 14.7 Å². The summed E-state index contributed by atoms with van der Waals surface area (Å²) in [6.07, 6.45) is 2.03. The van der Waals surface area contributed by atoms with E-state index in [0.29, 0.717) is 6.42 Å². The van der Waals surface area contributed by atoms with Crippen LogP contribution in [0.2, 0.25) is 0 Å². The molecule has 0 bridgehead atoms. The van der Waals surface area contributed by atoms with Crippen LogP contribution in [0.25, 0.3) is 0 Å². The Bertz CT molecular complexity index is 726. The summed E-state index contributed by atoms with van der Waals surface area (Å²) < 4.78 is 0. The van der Waals surface area contributed by atoms with Crippen LogP contribution < -0.4 is 0 Å². The van der Waals surface area contributed by atoms with Gasteiger partial charge in [0, 0.05) is 18.9 Å². The van der Waals surface area contributed by atoms with E-state index in [0.717, 1.165) is 19.4 Å². The summed E-state index contributed by atoms with van der Waals surface area (Å²) in [5, 5.41) is 9.72. The normalized spacial score (nSPS) is 35.0. The van der Waals surface area contributed by atoms with Crippen molar-refractivity contribution in [2.24, 2.45) is 17.8 Å². The topological polar surface area (TPSA) is 57.6 Å². The number of carbonyl (C=O) groups is 2. The third kappa shape index (κ3) is 1.72. The molecule has 2 aliphatic heterocycles. The fraction of sp³-hybridized carbons (Fsp3) is 0.579. The molecule has 1 unspecified atom stereocenters. The maximum atomic E-state index is 12.6. The van der Waals surface area contributed by atoms with Gasteiger partial charge in [-0.1, -0.05) is 19.1 Å². The first kappa shape index (κ1) is 14.7. The number of hydrogen-bond acceptors (Lipinski definition) is 2. The average molecular weight is 313 g/mol. The van der Waals surface area contributed by atoms with Gasteiger partial charge in [-0.2, -0.15) is 0 Å². The summed E-state index contributed by atoms with van der Waals surface area (Å²) in [6, 6.07) is 4.47. The predicted octanol–water partition coefficient (Wildman–Crippen LogP) is 2.64. The van der Waals surface area contributed by atoms with Gasteiger partial charge in [-0.3, -0.25) is 9.59 Å². The van der Waals surface area contributed by atoms with Crippen LogP contribution in [0.1, 0.15) is 42.0 Å². The lowest BCUT2D eigenvalue weighted by Gasteiger charge is -2.45. The van der Waals surface area contributed by atoms with Crippen LogP contribution in [-0.2, 0) is 21.5 Å². The fourth-order valence-corrected chi connectivity index (χ4v) is 5.50. The summed E-state index contributed by atoms with van der Waals surface area (Å²) in [6.45, 7) is 6.98. The molecule has 1 aromatic rings. The number of carbonyl (C=O) groups excluding carboxylic acids is 1. The standard InChI is InChI=1S/C19H23NO3/c1-10-6-13-4-5-20-16(21)8-15-17(18(22)23)12(3)9-19(15,20)14(13)7-11(10)2/h6-7,12,15,17H,4-5,8-9H2,1-3H3,(H,22,23)/t12-,15-,17+,19?/m0/s1. The quantitative estimate of drug-likeness (QED) is 0.867. The Kier molecular flexibility index (Phi) is 2.94. The monoisotopic (exact) mass is 313 g/mol. The second-order valence-electron chi connectivity index (χ2n) is 7.67. The van der Waals surface area contributed by atoms with Crippen molar-refractivity contribution in [3.8, 4) is 0 Å². The number of carboxylic acid groups (broad SMARTS) is 1. The van der Waals surface area contributed by atoms with Gasteiger partial charge in [-0.15, -0.1) is 0 Å². The Morgan fingerprint density at radius 2 is 2.00 bits per heavy atom. The Hall–Kier alpha value is -1.84. The highest BCUT2D eigenvalue weighted by molar-refractivity contribution is 5.84. The number of aryl methyl sites for hydroxylation is 2. The van der Waals surface area contributed by atoms with Crippen LogP contribution in [0, 0.1) is 31.6 Å². The van der Waals surface area contributed by atoms with Crippen molar-refractivity contribution < 1.29 is 14.7 Å². The number of carboxylic acids is 1. The Morgan fingerprint density at radius 3 is 2.70 bits per heavy atom. The van der Waals surface area contributed by atoms with Crippen molar-refractivity contribution in [2.75, 3.05) is 6.54 Å². The van der Waals surface area contributed by atoms with E-state index in [4.69, 9.17) is 0 Å². The summed E-state index contributed by atoms with van der Waals surface area (Å²) in [4.78, 5) is 26.4. The molecule has 4 nitrogen and oxygen atoms in total. The number of aliphatic carboxylic acids is 1. The van der Waals surface area contributed by atoms with Crippen LogP contribution in [0.4, 0.5) is 0 Å². The second-order valence-corrected chi connectivity index (χ2v) is 7.67. The Balaban J connectivity index is 1.95. The van der Waals surface area contributed by atoms with Gasteiger partial charge in [0.05, 0.1) is 11.5 Å². The molecule has 0 radical (unpaired) electrons. The molecule has 1 N–H and O–H groups in total. The first-order valence-electron chi connectivity index (χ1n) is 8.50. The summed E-state index contributed by atoms with van der Waals surface area (Å²) in [5.74, 6) is -1.03. The highest BCUT2D eigenvalue weighted by Crippen LogP contribution is 2.60. The van der Waals surface area contributed by atoms with Gasteiger partial charge in [0.1, 0.15) is 0 Å². The number of nitrogens with zero attached hydrogens (tertiary/aromatic N) is 1. The summed E-state index contributed by atoms with van der Waals surface area (Å²) in [5.41, 5.74) is 4.64. The lowest BCUT2D eigenvalue weighted by molar-refractivity contribution is -0.144. The molecule has 1 spiro atoms. The summed E-state index contributed by atoms with van der Waals surface area (Å²) >= 11 is 0. The van der Waals surface area contributed by atoms with Gasteiger partial charge in [-0.25, -0.2) is 0 Å². The zero-order valence-electron chi connectivity index (χ0n) is 13.9. The molecule has 1 amide bonds. The van der Waals surface area contributed by atoms with Gasteiger partial charge < -0.3 is 10.0 Å². The van der Waals surface area contributed by atoms with Gasteiger partial charge in [0.15, 0.2) is 0 Å². The minimum absolute atomic E-state index is 0.0938. The van der Waals surface area contributed by atoms with Gasteiger partial charge in [0.25, 0.3) is 0 Å². The first-order chi connectivity index (χ1) is 10.9.